The molecule has 1 aliphatic rings. The molecule has 34 heavy (non-hydrogen) atoms. The van der Waals surface area contributed by atoms with Gasteiger partial charge in [0.1, 0.15) is 22.9 Å². The highest BCUT2D eigenvalue weighted by atomic mass is 35.5. The number of carboxylic acids is 1. The number of hydrogen-bond acceptors (Lipinski definition) is 7. The number of hydrogen-bond donors (Lipinski definition) is 3. The van der Waals surface area contributed by atoms with Crippen molar-refractivity contribution in [2.24, 2.45) is 10.7 Å². The average Bonchev–Trinajstić information content (AvgIpc) is 3.26. The third kappa shape index (κ3) is 4.61. The summed E-state index contributed by atoms with van der Waals surface area (Å²) in [4.78, 5) is 29.9. The van der Waals surface area contributed by atoms with E-state index in [2.05, 4.69) is 29.4 Å². The van der Waals surface area contributed by atoms with Crippen LogP contribution in [0.2, 0.25) is 5.02 Å². The van der Waals surface area contributed by atoms with Crippen LogP contribution in [0.25, 0.3) is 5.00 Å². The van der Waals surface area contributed by atoms with E-state index >= 15 is 0 Å². The van der Waals surface area contributed by atoms with Gasteiger partial charge in [0.05, 0.1) is 12.1 Å². The minimum Gasteiger partial charge on any atom is -0.480 e. The van der Waals surface area contributed by atoms with E-state index in [9.17, 15) is 9.59 Å². The summed E-state index contributed by atoms with van der Waals surface area (Å²) in [5.74, 6) is -0.0768. The van der Waals surface area contributed by atoms with E-state index < -0.39 is 18.1 Å². The summed E-state index contributed by atoms with van der Waals surface area (Å²) in [5.41, 5.74) is 9.29. The number of aromatic nitrogens is 3. The summed E-state index contributed by atoms with van der Waals surface area (Å²) < 4.78 is 1.98. The molecule has 1 unspecified atom stereocenters. The lowest BCUT2D eigenvalue weighted by atomic mass is 9.99. The molecule has 0 bridgehead atoms. The molecule has 0 radical (unpaired) electrons. The molecule has 0 fully saturated rings. The van der Waals surface area contributed by atoms with E-state index in [-0.39, 0.29) is 25.3 Å². The van der Waals surface area contributed by atoms with Crippen molar-refractivity contribution in [2.75, 3.05) is 6.54 Å². The highest BCUT2D eigenvalue weighted by molar-refractivity contribution is 7.15. The van der Waals surface area contributed by atoms with Crippen LogP contribution >= 0.6 is 22.9 Å². The minimum absolute atomic E-state index is 0.0322. The number of nitrogens with one attached hydrogen (secondary N) is 1. The number of amides is 1. The lowest BCUT2D eigenvalue weighted by Crippen LogP contribution is -2.35. The topological polar surface area (TPSA) is 135 Å². The first-order chi connectivity index (χ1) is 16.2. The van der Waals surface area contributed by atoms with Gasteiger partial charge in [0.2, 0.25) is 5.91 Å². The monoisotopic (exact) mass is 500 g/mol. The summed E-state index contributed by atoms with van der Waals surface area (Å²) in [6.45, 7) is 6.17. The van der Waals surface area contributed by atoms with Crippen LogP contribution in [-0.4, -0.2) is 50.0 Å². The molecular weight excluding hydrogens is 476 g/mol. The molecule has 3 aromatic rings. The van der Waals surface area contributed by atoms with Crippen LogP contribution < -0.4 is 11.1 Å². The first-order valence-electron chi connectivity index (χ1n) is 10.8. The predicted octanol–water partition coefficient (Wildman–Crippen LogP) is 3.11. The Morgan fingerprint density at radius 1 is 1.24 bits per heavy atom. The zero-order valence-electron chi connectivity index (χ0n) is 19.0. The second kappa shape index (κ2) is 9.65. The van der Waals surface area contributed by atoms with Crippen molar-refractivity contribution >= 4 is 40.5 Å². The Hall–Kier alpha value is -3.08. The molecule has 178 valence electrons. The summed E-state index contributed by atoms with van der Waals surface area (Å²) >= 11 is 7.76. The largest absolute Gasteiger partial charge is 0.480 e. The van der Waals surface area contributed by atoms with Gasteiger partial charge in [-0.15, -0.1) is 21.5 Å². The Kier molecular flexibility index (Phi) is 6.83. The zero-order chi connectivity index (χ0) is 24.6. The molecule has 2 atom stereocenters. The molecule has 11 heteroatoms. The maximum absolute atomic E-state index is 12.8. The Morgan fingerprint density at radius 3 is 2.62 bits per heavy atom. The maximum Gasteiger partial charge on any atom is 0.320 e. The number of carboxylic acid groups (broad SMARTS) is 1. The first-order valence-corrected chi connectivity index (χ1v) is 12.0. The number of aliphatic imine (C=N–C) groups is 1. The molecule has 4 rings (SSSR count). The van der Waals surface area contributed by atoms with E-state index in [1.165, 1.54) is 0 Å². The Bertz CT molecular complexity index is 1280. The van der Waals surface area contributed by atoms with E-state index in [4.69, 9.17) is 27.4 Å². The summed E-state index contributed by atoms with van der Waals surface area (Å²) in [6, 6.07) is 5.86. The highest BCUT2D eigenvalue weighted by Crippen LogP contribution is 2.39. The molecule has 0 saturated carbocycles. The van der Waals surface area contributed by atoms with E-state index in [1.807, 2.05) is 35.8 Å². The van der Waals surface area contributed by atoms with Gasteiger partial charge in [-0.2, -0.15) is 0 Å². The number of thiophene rings is 1. The number of benzene rings is 1. The number of aryl methyl sites for hydroxylation is 2. The molecule has 0 saturated heterocycles. The van der Waals surface area contributed by atoms with Gasteiger partial charge in [0.25, 0.3) is 0 Å². The van der Waals surface area contributed by atoms with Crippen LogP contribution in [0.5, 0.6) is 0 Å². The number of nitrogens with two attached hydrogens (primary N) is 1. The van der Waals surface area contributed by atoms with Gasteiger partial charge in [-0.1, -0.05) is 23.7 Å². The van der Waals surface area contributed by atoms with Gasteiger partial charge < -0.3 is 16.2 Å². The number of aliphatic carboxylic acids is 1. The first kappa shape index (κ1) is 24.1. The molecule has 0 aliphatic carbocycles. The Balaban J connectivity index is 1.73. The fourth-order valence-electron chi connectivity index (χ4n) is 3.87. The third-order valence-corrected chi connectivity index (χ3v) is 7.27. The van der Waals surface area contributed by atoms with E-state index in [0.29, 0.717) is 16.7 Å². The molecule has 0 spiro atoms. The maximum atomic E-state index is 12.8. The second-order valence-corrected chi connectivity index (χ2v) is 9.83. The number of fused-ring (bicyclic) bond motifs is 3. The van der Waals surface area contributed by atoms with Gasteiger partial charge in [-0.05, 0) is 44.9 Å². The predicted molar refractivity (Wildman–Crippen MR) is 131 cm³/mol. The summed E-state index contributed by atoms with van der Waals surface area (Å²) in [5, 5.41) is 21.9. The Morgan fingerprint density at radius 2 is 1.94 bits per heavy atom. The lowest BCUT2D eigenvalue weighted by Gasteiger charge is -2.13. The van der Waals surface area contributed by atoms with Crippen LogP contribution in [0.4, 0.5) is 0 Å². The van der Waals surface area contributed by atoms with Gasteiger partial charge in [-0.25, -0.2) is 0 Å². The summed E-state index contributed by atoms with van der Waals surface area (Å²) in [6.07, 6.45) is 0.167. The van der Waals surface area contributed by atoms with Crippen molar-refractivity contribution in [3.05, 3.63) is 62.5 Å². The molecule has 1 aromatic carbocycles. The molecule has 3 heterocycles. The molecule has 1 aliphatic heterocycles. The minimum atomic E-state index is -1.10. The lowest BCUT2D eigenvalue weighted by molar-refractivity contribution is -0.138. The van der Waals surface area contributed by atoms with Gasteiger partial charge in [-0.3, -0.25) is 19.1 Å². The summed E-state index contributed by atoms with van der Waals surface area (Å²) in [7, 11) is 0. The molecular formula is C23H25ClN6O3S. The van der Waals surface area contributed by atoms with Crippen molar-refractivity contribution < 1.29 is 14.7 Å². The van der Waals surface area contributed by atoms with E-state index in [0.717, 1.165) is 32.3 Å². The fraction of sp³-hybridized carbons (Fsp3) is 0.348. The van der Waals surface area contributed by atoms with Crippen molar-refractivity contribution in [1.29, 1.82) is 0 Å². The second-order valence-electron chi connectivity index (χ2n) is 8.19. The van der Waals surface area contributed by atoms with Gasteiger partial charge in [0.15, 0.2) is 5.82 Å². The fourth-order valence-corrected chi connectivity index (χ4v) is 5.21. The SMILES string of the molecule is Cc1sc2c(c1C)C(c1ccc(Cl)cc1)=N[C@@H](CC(=O)NCCC(N)C(=O)O)c1nnc(C)n1-2. The van der Waals surface area contributed by atoms with Gasteiger partial charge in [0, 0.05) is 27.6 Å². The number of carbonyl (C=O) groups is 2. The normalized spacial score (nSPS) is 15.7. The molecule has 9 nitrogen and oxygen atoms in total. The zero-order valence-corrected chi connectivity index (χ0v) is 20.6. The quantitative estimate of drug-likeness (QED) is 0.456. The number of rotatable bonds is 7. The van der Waals surface area contributed by atoms with Crippen molar-refractivity contribution in [3.8, 4) is 5.00 Å². The van der Waals surface area contributed by atoms with Crippen LogP contribution in [0.3, 0.4) is 0 Å². The van der Waals surface area contributed by atoms with Crippen LogP contribution in [0.1, 0.15) is 52.1 Å². The molecule has 4 N–H and O–H groups in total. The number of halogens is 1. The number of nitrogens with zero attached hydrogens (tertiary/aromatic N) is 4. The standard InChI is InChI=1S/C23H25ClN6O3S/c1-11-12(2)34-22-19(11)20(14-4-6-15(24)7-5-14)27-17(21-29-28-13(3)30(21)22)10-18(31)26-9-8-16(25)23(32)33/h4-7,16-17H,8-10,25H2,1-3H3,(H,26,31)(H,32,33)/t16?,17-/m0/s1. The van der Waals surface area contributed by atoms with Gasteiger partial charge >= 0.3 is 5.97 Å². The van der Waals surface area contributed by atoms with Crippen molar-refractivity contribution in [1.82, 2.24) is 20.1 Å². The van der Waals surface area contributed by atoms with Crippen LogP contribution in [0, 0.1) is 20.8 Å². The highest BCUT2D eigenvalue weighted by Gasteiger charge is 2.32. The number of carbonyl (C=O) groups excluding carboxylic acids is 1. The van der Waals surface area contributed by atoms with E-state index in [1.54, 1.807) is 11.3 Å². The smallest absolute Gasteiger partial charge is 0.320 e. The Labute approximate surface area is 205 Å². The average molecular weight is 501 g/mol. The third-order valence-electron chi connectivity index (χ3n) is 5.83. The van der Waals surface area contributed by atoms with Crippen molar-refractivity contribution in [2.45, 2.75) is 45.7 Å². The van der Waals surface area contributed by atoms with Crippen LogP contribution in [0.15, 0.2) is 29.3 Å². The molecule has 1 amide bonds. The van der Waals surface area contributed by atoms with Crippen LogP contribution in [-0.2, 0) is 9.59 Å². The van der Waals surface area contributed by atoms with Crippen molar-refractivity contribution in [3.63, 3.8) is 0 Å². The molecule has 2 aromatic heterocycles.